The second-order valence-corrected chi connectivity index (χ2v) is 1.78. The average Bonchev–Trinajstić information content (AvgIpc) is 2.15. The van der Waals surface area contributed by atoms with Gasteiger partial charge in [-0.3, -0.25) is 0 Å². The number of halogens is 5. The van der Waals surface area contributed by atoms with Gasteiger partial charge in [-0.1, -0.05) is 0 Å². The van der Waals surface area contributed by atoms with Crippen LogP contribution in [0.3, 0.4) is 0 Å². The summed E-state index contributed by atoms with van der Waals surface area (Å²) >= 11 is 0. The van der Waals surface area contributed by atoms with Gasteiger partial charge in [-0.25, -0.2) is 27.2 Å². The van der Waals surface area contributed by atoms with E-state index in [9.17, 15) is 22.0 Å². The topological polar surface area (TPSA) is 23.8 Å². The van der Waals surface area contributed by atoms with E-state index in [0.29, 0.717) is 0 Å². The van der Waals surface area contributed by atoms with Gasteiger partial charge in [0, 0.05) is 12.6 Å². The van der Waals surface area contributed by atoms with Crippen molar-refractivity contribution in [3.05, 3.63) is 35.2 Å². The Hall–Kier alpha value is -1.64. The van der Waals surface area contributed by atoms with Crippen LogP contribution in [0.1, 0.15) is 0 Å². The fourth-order valence-corrected chi connectivity index (χ4v) is 0.544. The molecule has 0 saturated carbocycles. The highest BCUT2D eigenvalue weighted by atomic mass is 19.2. The second kappa shape index (κ2) is 4.40. The molecule has 1 nitrogen and oxygen atoms in total. The van der Waals surface area contributed by atoms with E-state index in [4.69, 9.17) is 5.26 Å². The highest BCUT2D eigenvalue weighted by Crippen LogP contribution is 2.16. The fourth-order valence-electron chi connectivity index (χ4n) is 0.544. The zero-order valence-corrected chi connectivity index (χ0v) is 5.99. The number of hydrogen-bond acceptors (Lipinski definition) is 1. The predicted octanol–water partition coefficient (Wildman–Crippen LogP) is 2.52. The van der Waals surface area contributed by atoms with Gasteiger partial charge in [-0.15, -0.1) is 0 Å². The van der Waals surface area contributed by atoms with Crippen LogP contribution in [0.25, 0.3) is 0 Å². The number of hydrogen-bond donors (Lipinski definition) is 0. The zero-order valence-electron chi connectivity index (χ0n) is 5.99. The van der Waals surface area contributed by atoms with Gasteiger partial charge in [0.05, 0.1) is 0 Å². The third kappa shape index (κ3) is 2.15. The molecule has 0 saturated heterocycles. The fraction of sp³-hybridized carbons (Fsp3) is 0. The Morgan fingerprint density at radius 3 is 1.38 bits per heavy atom. The average molecular weight is 195 g/mol. The largest absolute Gasteiger partial charge is 0.204 e. The van der Waals surface area contributed by atoms with Crippen LogP contribution in [-0.2, 0) is 0 Å². The molecule has 0 fully saturated rings. The Bertz CT molecular complexity index is 307. The van der Waals surface area contributed by atoms with Crippen LogP contribution in [0, 0.1) is 40.9 Å². The molecule has 70 valence electrons. The molecule has 0 spiro atoms. The molecule has 6 heteroatoms. The number of nitriles is 1. The van der Waals surface area contributed by atoms with Crippen molar-refractivity contribution < 1.29 is 22.0 Å². The molecule has 0 aromatic heterocycles. The summed E-state index contributed by atoms with van der Waals surface area (Å²) in [6.07, 6.45) is 0. The van der Waals surface area contributed by atoms with Crippen LogP contribution >= 0.6 is 0 Å². The number of benzene rings is 1. The van der Waals surface area contributed by atoms with E-state index < -0.39 is 29.1 Å². The molecule has 1 rings (SSSR count). The van der Waals surface area contributed by atoms with Gasteiger partial charge < -0.3 is 0 Å². The molecule has 1 aromatic carbocycles. The maximum absolute atomic E-state index is 12.0. The highest BCUT2D eigenvalue weighted by molar-refractivity contribution is 5.12. The molecule has 0 N–H and O–H groups in total. The minimum atomic E-state index is -2.14. The molecule has 0 aliphatic rings. The van der Waals surface area contributed by atoms with E-state index in [0.717, 1.165) is 0 Å². The quantitative estimate of drug-likeness (QED) is 0.354. The van der Waals surface area contributed by atoms with Gasteiger partial charge in [0.1, 0.15) is 0 Å². The first-order valence-corrected chi connectivity index (χ1v) is 2.78. The van der Waals surface area contributed by atoms with Crippen LogP contribution in [0.15, 0.2) is 6.07 Å². The Kier molecular flexibility index (Phi) is 3.85. The minimum absolute atomic E-state index is 0.0618. The van der Waals surface area contributed by atoms with E-state index in [1.54, 1.807) is 0 Å². The second-order valence-electron chi connectivity index (χ2n) is 1.78. The van der Waals surface area contributed by atoms with E-state index in [1.807, 2.05) is 0 Å². The Balaban J connectivity index is 0.000000671. The summed E-state index contributed by atoms with van der Waals surface area (Å²) < 4.78 is 60.0. The van der Waals surface area contributed by atoms with E-state index in [1.165, 1.54) is 0 Å². The first-order valence-electron chi connectivity index (χ1n) is 2.78. The zero-order chi connectivity index (χ0) is 10.6. The summed E-state index contributed by atoms with van der Waals surface area (Å²) in [7, 11) is 0. The summed E-state index contributed by atoms with van der Waals surface area (Å²) in [5.41, 5.74) is 0. The van der Waals surface area contributed by atoms with Crippen LogP contribution in [0.4, 0.5) is 22.0 Å². The van der Waals surface area contributed by atoms with Gasteiger partial charge >= 0.3 is 0 Å². The van der Waals surface area contributed by atoms with Crippen molar-refractivity contribution in [2.45, 2.75) is 0 Å². The number of nitrogens with zero attached hydrogens (tertiary/aromatic N) is 1. The van der Waals surface area contributed by atoms with Crippen molar-refractivity contribution in [3.8, 4) is 6.57 Å². The third-order valence-electron chi connectivity index (χ3n) is 1.06. The molecule has 0 atom stereocenters. The maximum atomic E-state index is 12.0. The Morgan fingerprint density at radius 1 is 0.769 bits per heavy atom. The van der Waals surface area contributed by atoms with E-state index in [2.05, 4.69) is 6.57 Å². The smallest absolute Gasteiger partial charge is 0.200 e. The molecule has 0 radical (unpaired) electrons. The molecule has 0 aliphatic carbocycles. The van der Waals surface area contributed by atoms with Crippen LogP contribution < -0.4 is 0 Å². The lowest BCUT2D eigenvalue weighted by molar-refractivity contribution is 0.378. The molecule has 1 aromatic rings. The lowest BCUT2D eigenvalue weighted by atomic mass is 10.3. The molecule has 13 heavy (non-hydrogen) atoms. The van der Waals surface area contributed by atoms with Gasteiger partial charge in [-0.2, -0.15) is 0 Å². The van der Waals surface area contributed by atoms with Crippen molar-refractivity contribution in [1.82, 2.24) is 0 Å². The molecule has 0 amide bonds. The molecule has 0 bridgehead atoms. The lowest BCUT2D eigenvalue weighted by Gasteiger charge is -1.96. The SMILES string of the molecule is C#N.Fc1cc(F)c(F)c(F)c1F. The van der Waals surface area contributed by atoms with Crippen molar-refractivity contribution >= 4 is 0 Å². The normalized spacial score (nSPS) is 8.85. The molecule has 0 aliphatic heterocycles. The van der Waals surface area contributed by atoms with Crippen molar-refractivity contribution in [1.29, 1.82) is 5.26 Å². The molecular formula is C7H2F5N. The standard InChI is InChI=1S/C6HF5.CHN/c7-2-1-3(8)5(10)6(11)4(2)9;1-2/h1H;1H. The highest BCUT2D eigenvalue weighted by Gasteiger charge is 2.18. The predicted molar refractivity (Wildman–Crippen MR) is 32.9 cm³/mol. The van der Waals surface area contributed by atoms with Gasteiger partial charge in [-0.05, 0) is 0 Å². The van der Waals surface area contributed by atoms with Crippen LogP contribution in [-0.4, -0.2) is 0 Å². The van der Waals surface area contributed by atoms with Crippen molar-refractivity contribution in [3.63, 3.8) is 0 Å². The first kappa shape index (κ1) is 11.4. The van der Waals surface area contributed by atoms with Gasteiger partial charge in [0.2, 0.25) is 5.82 Å². The van der Waals surface area contributed by atoms with Crippen LogP contribution in [0.5, 0.6) is 0 Å². The number of rotatable bonds is 0. The first-order chi connectivity index (χ1) is 6.04. The van der Waals surface area contributed by atoms with E-state index in [-0.39, 0.29) is 6.07 Å². The molecule has 0 heterocycles. The summed E-state index contributed by atoms with van der Waals surface area (Å²) in [6.45, 7) is 3.50. The summed E-state index contributed by atoms with van der Waals surface area (Å²) in [5, 5.41) is 6.50. The summed E-state index contributed by atoms with van der Waals surface area (Å²) in [6, 6.07) is -0.0618. The Labute approximate surface area is 70.0 Å². The minimum Gasteiger partial charge on any atom is -0.204 e. The maximum Gasteiger partial charge on any atom is 0.200 e. The Morgan fingerprint density at radius 2 is 1.08 bits per heavy atom. The third-order valence-corrected chi connectivity index (χ3v) is 1.06. The van der Waals surface area contributed by atoms with Gasteiger partial charge in [0.15, 0.2) is 23.3 Å². The van der Waals surface area contributed by atoms with Crippen molar-refractivity contribution in [2.24, 2.45) is 0 Å². The lowest BCUT2D eigenvalue weighted by Crippen LogP contribution is -1.98. The van der Waals surface area contributed by atoms with Crippen LogP contribution in [0.2, 0.25) is 0 Å². The van der Waals surface area contributed by atoms with Crippen molar-refractivity contribution in [2.75, 3.05) is 0 Å². The van der Waals surface area contributed by atoms with E-state index >= 15 is 0 Å². The van der Waals surface area contributed by atoms with Gasteiger partial charge in [0.25, 0.3) is 0 Å². The molecule has 0 unspecified atom stereocenters. The monoisotopic (exact) mass is 195 g/mol. The molecular weight excluding hydrogens is 193 g/mol. The summed E-state index contributed by atoms with van der Waals surface area (Å²) in [5.74, 6) is -9.65. The summed E-state index contributed by atoms with van der Waals surface area (Å²) in [4.78, 5) is 0.